The van der Waals surface area contributed by atoms with Crippen LogP contribution in [0.1, 0.15) is 16.8 Å². The van der Waals surface area contributed by atoms with Gasteiger partial charge >= 0.3 is 0 Å². The largest absolute Gasteiger partial charge is 0.497 e. The molecule has 23 heavy (non-hydrogen) atoms. The monoisotopic (exact) mass is 313 g/mol. The second-order valence-electron chi connectivity index (χ2n) is 5.98. The fraction of sp³-hybridized carbons (Fsp3) is 0.438. The maximum absolute atomic E-state index is 13.0. The van der Waals surface area contributed by atoms with E-state index in [2.05, 4.69) is 15.5 Å². The molecule has 0 unspecified atom stereocenters. The third-order valence-corrected chi connectivity index (χ3v) is 4.75. The molecule has 7 nitrogen and oxygen atoms in total. The van der Waals surface area contributed by atoms with E-state index >= 15 is 0 Å². The average Bonchev–Trinajstić information content (AvgIpc) is 3.09. The van der Waals surface area contributed by atoms with Gasteiger partial charge in [0, 0.05) is 19.1 Å². The molecule has 2 aliphatic heterocycles. The van der Waals surface area contributed by atoms with E-state index in [-0.39, 0.29) is 5.91 Å². The highest BCUT2D eigenvalue weighted by Crippen LogP contribution is 2.32. The van der Waals surface area contributed by atoms with E-state index in [1.807, 2.05) is 17.0 Å². The first-order chi connectivity index (χ1) is 11.3. The van der Waals surface area contributed by atoms with E-state index < -0.39 is 0 Å². The molecule has 1 N–H and O–H groups in total. The van der Waals surface area contributed by atoms with Crippen LogP contribution in [-0.4, -0.2) is 58.6 Å². The van der Waals surface area contributed by atoms with Gasteiger partial charge in [-0.25, -0.2) is 0 Å². The summed E-state index contributed by atoms with van der Waals surface area (Å²) in [6.07, 6.45) is 4.34. The zero-order valence-corrected chi connectivity index (χ0v) is 13.0. The number of carbonyl (C=O) groups is 1. The Balaban J connectivity index is 1.68. The summed E-state index contributed by atoms with van der Waals surface area (Å²) in [5.74, 6) is 1.29. The summed E-state index contributed by atoms with van der Waals surface area (Å²) in [6.45, 7) is 2.74. The average molecular weight is 313 g/mol. The Labute approximate surface area is 134 Å². The van der Waals surface area contributed by atoms with Crippen molar-refractivity contribution in [1.29, 1.82) is 0 Å². The summed E-state index contributed by atoms with van der Waals surface area (Å²) < 4.78 is 5.28. The van der Waals surface area contributed by atoms with Gasteiger partial charge in [0.05, 0.1) is 30.8 Å². The van der Waals surface area contributed by atoms with E-state index in [4.69, 9.17) is 4.74 Å². The lowest BCUT2D eigenvalue weighted by atomic mass is 9.82. The molecule has 2 aliphatic rings. The van der Waals surface area contributed by atoms with Gasteiger partial charge in [0.2, 0.25) is 0 Å². The molecule has 0 spiro atoms. The number of fused-ring (bicyclic) bond motifs is 1. The van der Waals surface area contributed by atoms with Gasteiger partial charge in [0.25, 0.3) is 5.91 Å². The number of rotatable bonds is 3. The first-order valence-corrected chi connectivity index (χ1v) is 7.84. The van der Waals surface area contributed by atoms with Crippen LogP contribution in [0.2, 0.25) is 0 Å². The topological polar surface area (TPSA) is 72.3 Å². The van der Waals surface area contributed by atoms with Crippen molar-refractivity contribution < 1.29 is 9.53 Å². The first kappa shape index (κ1) is 14.2. The van der Waals surface area contributed by atoms with Crippen LogP contribution in [0.15, 0.2) is 30.6 Å². The van der Waals surface area contributed by atoms with Crippen molar-refractivity contribution in [3.05, 3.63) is 36.2 Å². The lowest BCUT2D eigenvalue weighted by Crippen LogP contribution is -2.65. The highest BCUT2D eigenvalue weighted by molar-refractivity contribution is 5.99. The first-order valence-electron chi connectivity index (χ1n) is 7.84. The summed E-state index contributed by atoms with van der Waals surface area (Å²) >= 11 is 0. The molecule has 0 saturated carbocycles. The van der Waals surface area contributed by atoms with Crippen LogP contribution in [-0.2, 0) is 0 Å². The minimum Gasteiger partial charge on any atom is -0.497 e. The third-order valence-electron chi connectivity index (χ3n) is 4.75. The Morgan fingerprint density at radius 2 is 2.17 bits per heavy atom. The van der Waals surface area contributed by atoms with Crippen molar-refractivity contribution >= 4 is 5.91 Å². The predicted molar refractivity (Wildman–Crippen MR) is 83.7 cm³/mol. The van der Waals surface area contributed by atoms with Crippen molar-refractivity contribution in [1.82, 2.24) is 25.2 Å². The van der Waals surface area contributed by atoms with Gasteiger partial charge in [-0.2, -0.15) is 15.0 Å². The van der Waals surface area contributed by atoms with Crippen molar-refractivity contribution in [3.8, 4) is 11.4 Å². The molecule has 0 radical (unpaired) electrons. The molecule has 1 amide bonds. The normalized spacial score (nSPS) is 23.1. The molecule has 2 saturated heterocycles. The molecular formula is C16H19N5O2. The van der Waals surface area contributed by atoms with Gasteiger partial charge in [-0.3, -0.25) is 4.79 Å². The van der Waals surface area contributed by atoms with Gasteiger partial charge < -0.3 is 15.0 Å². The zero-order chi connectivity index (χ0) is 15.8. The summed E-state index contributed by atoms with van der Waals surface area (Å²) in [5.41, 5.74) is 1.25. The van der Waals surface area contributed by atoms with Gasteiger partial charge in [0.15, 0.2) is 0 Å². The van der Waals surface area contributed by atoms with Gasteiger partial charge in [-0.05, 0) is 37.1 Å². The molecule has 2 aromatic rings. The molecule has 7 heteroatoms. The molecule has 3 heterocycles. The van der Waals surface area contributed by atoms with Crippen LogP contribution in [0, 0.1) is 5.92 Å². The van der Waals surface area contributed by atoms with Crippen molar-refractivity contribution in [2.75, 3.05) is 26.7 Å². The highest BCUT2D eigenvalue weighted by Gasteiger charge is 2.43. The van der Waals surface area contributed by atoms with Crippen LogP contribution in [0.4, 0.5) is 0 Å². The number of likely N-dealkylation sites (tertiary alicyclic amines) is 1. The number of methoxy groups -OCH3 is 1. The number of piperidine rings is 1. The fourth-order valence-corrected chi connectivity index (χ4v) is 3.44. The number of hydrogen-bond acceptors (Lipinski definition) is 5. The lowest BCUT2D eigenvalue weighted by Gasteiger charge is -2.51. The number of ether oxygens (including phenoxy) is 1. The molecule has 120 valence electrons. The number of benzene rings is 1. The quantitative estimate of drug-likeness (QED) is 0.903. The Hall–Kier alpha value is -2.41. The smallest absolute Gasteiger partial charge is 0.256 e. The lowest BCUT2D eigenvalue weighted by molar-refractivity contribution is 0.00277. The van der Waals surface area contributed by atoms with Crippen LogP contribution in [0.25, 0.3) is 5.69 Å². The zero-order valence-electron chi connectivity index (χ0n) is 13.0. The second-order valence-corrected chi connectivity index (χ2v) is 5.98. The molecule has 2 fully saturated rings. The van der Waals surface area contributed by atoms with Crippen LogP contribution < -0.4 is 10.1 Å². The minimum absolute atomic E-state index is 0.0150. The number of amides is 1. The van der Waals surface area contributed by atoms with Gasteiger partial charge in [0.1, 0.15) is 5.75 Å². The number of hydrogen-bond donors (Lipinski definition) is 1. The van der Waals surface area contributed by atoms with Crippen LogP contribution in [0.3, 0.4) is 0 Å². The Kier molecular flexibility index (Phi) is 3.49. The molecule has 0 bridgehead atoms. The molecular weight excluding hydrogens is 294 g/mol. The predicted octanol–water partition coefficient (Wildman–Crippen LogP) is 0.710. The molecule has 1 aromatic carbocycles. The van der Waals surface area contributed by atoms with Crippen molar-refractivity contribution in [2.24, 2.45) is 5.92 Å². The summed E-state index contributed by atoms with van der Waals surface area (Å²) in [4.78, 5) is 16.5. The van der Waals surface area contributed by atoms with E-state index in [0.29, 0.717) is 29.0 Å². The van der Waals surface area contributed by atoms with Crippen LogP contribution in [0.5, 0.6) is 5.75 Å². The van der Waals surface area contributed by atoms with E-state index in [9.17, 15) is 4.79 Å². The van der Waals surface area contributed by atoms with Crippen LogP contribution >= 0.6 is 0 Å². The molecule has 0 aliphatic carbocycles. The third kappa shape index (κ3) is 2.37. The van der Waals surface area contributed by atoms with E-state index in [1.165, 1.54) is 4.80 Å². The SMILES string of the molecule is COc1ccc(-n2nccn2)c(C(=O)N2C[C@H]3CCNC[C@H]32)c1. The van der Waals surface area contributed by atoms with Crippen molar-refractivity contribution in [2.45, 2.75) is 12.5 Å². The fourth-order valence-electron chi connectivity index (χ4n) is 3.44. The Morgan fingerprint density at radius 1 is 1.35 bits per heavy atom. The number of nitrogens with zero attached hydrogens (tertiary/aromatic N) is 4. The highest BCUT2D eigenvalue weighted by atomic mass is 16.5. The maximum Gasteiger partial charge on any atom is 0.256 e. The van der Waals surface area contributed by atoms with E-state index in [1.54, 1.807) is 25.6 Å². The van der Waals surface area contributed by atoms with Gasteiger partial charge in [-0.1, -0.05) is 0 Å². The minimum atomic E-state index is 0.0150. The van der Waals surface area contributed by atoms with Crippen molar-refractivity contribution in [3.63, 3.8) is 0 Å². The number of nitrogens with one attached hydrogen (secondary N) is 1. The molecule has 2 atom stereocenters. The van der Waals surface area contributed by atoms with E-state index in [0.717, 1.165) is 26.1 Å². The summed E-state index contributed by atoms with van der Waals surface area (Å²) in [6, 6.07) is 5.70. The molecule has 4 rings (SSSR count). The molecule has 1 aromatic heterocycles. The number of carbonyl (C=O) groups excluding carboxylic acids is 1. The Bertz CT molecular complexity index is 715. The standard InChI is InChI=1S/C16H19N5O2/c1-23-12-2-3-14(21-18-6-7-19-21)13(8-12)16(22)20-10-11-4-5-17-9-15(11)20/h2-3,6-8,11,15,17H,4-5,9-10H2,1H3/t11-,15-/m1/s1. The second kappa shape index (κ2) is 5.66. The summed E-state index contributed by atoms with van der Waals surface area (Å²) in [7, 11) is 1.60. The summed E-state index contributed by atoms with van der Waals surface area (Å²) in [5, 5.41) is 11.7. The van der Waals surface area contributed by atoms with Gasteiger partial charge in [-0.15, -0.1) is 0 Å². The Morgan fingerprint density at radius 3 is 2.91 bits per heavy atom. The maximum atomic E-state index is 13.0. The number of aromatic nitrogens is 3.